The highest BCUT2D eigenvalue weighted by Crippen LogP contribution is 2.32. The second kappa shape index (κ2) is 7.84. The highest BCUT2D eigenvalue weighted by molar-refractivity contribution is 5.74. The molecule has 3 rings (SSSR count). The van der Waals surface area contributed by atoms with Gasteiger partial charge in [-0.05, 0) is 47.9 Å². The van der Waals surface area contributed by atoms with Crippen LogP contribution in [0.1, 0.15) is 13.3 Å². The third kappa shape index (κ3) is 4.10. The lowest BCUT2D eigenvalue weighted by molar-refractivity contribution is 0.475. The number of rotatable bonds is 6. The van der Waals surface area contributed by atoms with Gasteiger partial charge in [0.25, 0.3) is 0 Å². The molecule has 1 atom stereocenters. The van der Waals surface area contributed by atoms with Gasteiger partial charge in [0.2, 0.25) is 0 Å². The molecule has 1 heterocycles. The van der Waals surface area contributed by atoms with E-state index in [0.29, 0.717) is 23.8 Å². The number of hydrogen-bond acceptors (Lipinski definition) is 6. The number of phenolic OH excluding ortho intramolecular Hbond substituents is 2. The van der Waals surface area contributed by atoms with Gasteiger partial charge in [-0.2, -0.15) is 0 Å². The normalized spacial score (nSPS) is 11.9. The van der Waals surface area contributed by atoms with Gasteiger partial charge in [0.15, 0.2) is 5.82 Å². The van der Waals surface area contributed by atoms with Crippen molar-refractivity contribution in [3.05, 3.63) is 54.7 Å². The first-order chi connectivity index (χ1) is 12.6. The lowest BCUT2D eigenvalue weighted by Crippen LogP contribution is -2.28. The molecule has 0 aliphatic heterocycles. The maximum absolute atomic E-state index is 10.3. The van der Waals surface area contributed by atoms with E-state index in [9.17, 15) is 10.2 Å². The summed E-state index contributed by atoms with van der Waals surface area (Å²) in [6, 6.07) is 14.0. The summed E-state index contributed by atoms with van der Waals surface area (Å²) in [5.74, 6) is 1.40. The third-order valence-electron chi connectivity index (χ3n) is 4.16. The van der Waals surface area contributed by atoms with Crippen molar-refractivity contribution in [3.63, 3.8) is 0 Å². The molecular formula is C20H22N4O2. The average Bonchev–Trinajstić information content (AvgIpc) is 2.67. The minimum absolute atomic E-state index is 0.0552. The van der Waals surface area contributed by atoms with E-state index in [1.807, 2.05) is 31.2 Å². The average molecular weight is 350 g/mol. The van der Waals surface area contributed by atoms with Crippen LogP contribution in [0.2, 0.25) is 0 Å². The minimum Gasteiger partial charge on any atom is -0.508 e. The quantitative estimate of drug-likeness (QED) is 0.543. The van der Waals surface area contributed by atoms with Gasteiger partial charge in [-0.25, -0.2) is 9.97 Å². The fraction of sp³-hybridized carbons (Fsp3) is 0.200. The molecule has 6 heteroatoms. The fourth-order valence-electron chi connectivity index (χ4n) is 2.52. The lowest BCUT2D eigenvalue weighted by atomic mass is 10.0. The SMILES string of the molecule is CC[C@H](N)CNc1ccnc(-c2cc(-c3ccc(O)cc3)ccc2O)n1. The van der Waals surface area contributed by atoms with E-state index < -0.39 is 0 Å². The van der Waals surface area contributed by atoms with Crippen molar-refractivity contribution in [3.8, 4) is 34.0 Å². The van der Waals surface area contributed by atoms with Gasteiger partial charge in [-0.1, -0.05) is 25.1 Å². The fourth-order valence-corrected chi connectivity index (χ4v) is 2.52. The molecule has 0 bridgehead atoms. The maximum Gasteiger partial charge on any atom is 0.165 e. The standard InChI is InChI=1S/C20H22N4O2/c1-2-15(21)12-23-19-9-10-22-20(24-19)17-11-14(5-8-18(17)26)13-3-6-16(25)7-4-13/h3-11,15,25-26H,2,12,21H2,1H3,(H,22,23,24)/t15-/m0/s1. The molecule has 26 heavy (non-hydrogen) atoms. The van der Waals surface area contributed by atoms with Gasteiger partial charge in [0, 0.05) is 18.8 Å². The molecule has 0 aliphatic rings. The molecule has 0 saturated heterocycles. The van der Waals surface area contributed by atoms with Gasteiger partial charge in [-0.15, -0.1) is 0 Å². The Labute approximate surface area is 152 Å². The second-order valence-electron chi connectivity index (χ2n) is 6.09. The number of nitrogens with zero attached hydrogens (tertiary/aromatic N) is 2. The molecular weight excluding hydrogens is 328 g/mol. The summed E-state index contributed by atoms with van der Waals surface area (Å²) >= 11 is 0. The Morgan fingerprint density at radius 2 is 1.77 bits per heavy atom. The van der Waals surface area contributed by atoms with E-state index in [1.165, 1.54) is 0 Å². The van der Waals surface area contributed by atoms with Crippen LogP contribution in [0.4, 0.5) is 5.82 Å². The van der Waals surface area contributed by atoms with Gasteiger partial charge >= 0.3 is 0 Å². The van der Waals surface area contributed by atoms with Crippen molar-refractivity contribution in [1.82, 2.24) is 9.97 Å². The first-order valence-electron chi connectivity index (χ1n) is 8.52. The van der Waals surface area contributed by atoms with Crippen molar-refractivity contribution < 1.29 is 10.2 Å². The summed E-state index contributed by atoms with van der Waals surface area (Å²) in [5, 5.41) is 22.9. The highest BCUT2D eigenvalue weighted by atomic mass is 16.3. The Balaban J connectivity index is 1.91. The molecule has 5 N–H and O–H groups in total. The Morgan fingerprint density at radius 1 is 1.04 bits per heavy atom. The highest BCUT2D eigenvalue weighted by Gasteiger charge is 2.11. The van der Waals surface area contributed by atoms with Gasteiger partial charge in [-0.3, -0.25) is 0 Å². The zero-order valence-electron chi connectivity index (χ0n) is 14.6. The zero-order chi connectivity index (χ0) is 18.5. The second-order valence-corrected chi connectivity index (χ2v) is 6.09. The van der Waals surface area contributed by atoms with Crippen LogP contribution in [-0.4, -0.2) is 32.8 Å². The van der Waals surface area contributed by atoms with Crippen molar-refractivity contribution in [1.29, 1.82) is 0 Å². The maximum atomic E-state index is 10.3. The zero-order valence-corrected chi connectivity index (χ0v) is 14.6. The van der Waals surface area contributed by atoms with Crippen LogP contribution in [0.15, 0.2) is 54.7 Å². The molecule has 0 amide bonds. The van der Waals surface area contributed by atoms with Crippen molar-refractivity contribution in [2.24, 2.45) is 5.73 Å². The largest absolute Gasteiger partial charge is 0.508 e. The molecule has 2 aromatic carbocycles. The first-order valence-corrected chi connectivity index (χ1v) is 8.52. The molecule has 6 nitrogen and oxygen atoms in total. The van der Waals surface area contributed by atoms with Crippen LogP contribution < -0.4 is 11.1 Å². The first kappa shape index (κ1) is 17.7. The van der Waals surface area contributed by atoms with Crippen LogP contribution in [0.3, 0.4) is 0 Å². The van der Waals surface area contributed by atoms with Crippen LogP contribution in [-0.2, 0) is 0 Å². The molecule has 0 spiro atoms. The van der Waals surface area contributed by atoms with E-state index in [4.69, 9.17) is 5.73 Å². The lowest BCUT2D eigenvalue weighted by Gasteiger charge is -2.12. The Kier molecular flexibility index (Phi) is 5.34. The molecule has 0 unspecified atom stereocenters. The Hall–Kier alpha value is -3.12. The number of nitrogens with one attached hydrogen (secondary N) is 1. The number of aromatic nitrogens is 2. The van der Waals surface area contributed by atoms with Crippen LogP contribution >= 0.6 is 0 Å². The summed E-state index contributed by atoms with van der Waals surface area (Å²) < 4.78 is 0. The summed E-state index contributed by atoms with van der Waals surface area (Å²) in [7, 11) is 0. The topological polar surface area (TPSA) is 104 Å². The van der Waals surface area contributed by atoms with Crippen molar-refractivity contribution in [2.45, 2.75) is 19.4 Å². The number of nitrogens with two attached hydrogens (primary N) is 1. The van der Waals surface area contributed by atoms with E-state index in [0.717, 1.165) is 17.5 Å². The van der Waals surface area contributed by atoms with E-state index in [-0.39, 0.29) is 17.5 Å². The van der Waals surface area contributed by atoms with Crippen LogP contribution in [0.5, 0.6) is 11.5 Å². The summed E-state index contributed by atoms with van der Waals surface area (Å²) in [6.07, 6.45) is 2.52. The van der Waals surface area contributed by atoms with Crippen molar-refractivity contribution in [2.75, 3.05) is 11.9 Å². The number of anilines is 1. The molecule has 134 valence electrons. The molecule has 0 radical (unpaired) electrons. The van der Waals surface area contributed by atoms with Gasteiger partial charge in [0.05, 0.1) is 5.56 Å². The van der Waals surface area contributed by atoms with Gasteiger partial charge in [0.1, 0.15) is 17.3 Å². The monoisotopic (exact) mass is 350 g/mol. The molecule has 3 aromatic rings. The van der Waals surface area contributed by atoms with Crippen LogP contribution in [0, 0.1) is 0 Å². The molecule has 1 aromatic heterocycles. The van der Waals surface area contributed by atoms with Gasteiger partial charge < -0.3 is 21.3 Å². The number of benzene rings is 2. The Bertz CT molecular complexity index is 881. The van der Waals surface area contributed by atoms with E-state index in [1.54, 1.807) is 30.5 Å². The predicted molar refractivity (Wildman–Crippen MR) is 103 cm³/mol. The predicted octanol–water partition coefficient (Wildman–Crippen LogP) is 3.37. The number of aromatic hydroxyl groups is 2. The Morgan fingerprint density at radius 3 is 2.50 bits per heavy atom. The number of hydrogen-bond donors (Lipinski definition) is 4. The summed E-state index contributed by atoms with van der Waals surface area (Å²) in [6.45, 7) is 2.65. The van der Waals surface area contributed by atoms with E-state index in [2.05, 4.69) is 15.3 Å². The molecule has 0 aliphatic carbocycles. The summed E-state index contributed by atoms with van der Waals surface area (Å²) in [4.78, 5) is 8.77. The smallest absolute Gasteiger partial charge is 0.165 e. The minimum atomic E-state index is 0.0552. The molecule has 0 saturated carbocycles. The van der Waals surface area contributed by atoms with Crippen LogP contribution in [0.25, 0.3) is 22.5 Å². The number of phenols is 2. The third-order valence-corrected chi connectivity index (χ3v) is 4.16. The summed E-state index contributed by atoms with van der Waals surface area (Å²) in [5.41, 5.74) is 8.29. The van der Waals surface area contributed by atoms with E-state index >= 15 is 0 Å². The van der Waals surface area contributed by atoms with Crippen molar-refractivity contribution >= 4 is 5.82 Å². The molecule has 0 fully saturated rings.